The van der Waals surface area contributed by atoms with E-state index >= 15 is 0 Å². The highest BCUT2D eigenvalue weighted by Gasteiger charge is 2.36. The Morgan fingerprint density at radius 3 is 2.30 bits per heavy atom. The second-order valence-corrected chi connectivity index (χ2v) is 5.07. The second-order valence-electron chi connectivity index (χ2n) is 5.07. The molecule has 2 rings (SSSR count). The van der Waals surface area contributed by atoms with E-state index in [-0.39, 0.29) is 47.7 Å². The van der Waals surface area contributed by atoms with Crippen molar-refractivity contribution in [2.45, 2.75) is 19.1 Å². The van der Waals surface area contributed by atoms with Gasteiger partial charge < -0.3 is 15.8 Å². The van der Waals surface area contributed by atoms with Gasteiger partial charge in [-0.25, -0.2) is 4.99 Å². The first kappa shape index (κ1) is 22.9. The molecule has 6 nitrogen and oxygen atoms in total. The molecule has 1 aromatic carbocycles. The second kappa shape index (κ2) is 8.67. The zero-order valence-corrected chi connectivity index (χ0v) is 15.9. The zero-order valence-electron chi connectivity index (χ0n) is 13.6. The molecule has 150 valence electrons. The van der Waals surface area contributed by atoms with Crippen LogP contribution in [-0.2, 0) is 19.8 Å². The lowest BCUT2D eigenvalue weighted by Crippen LogP contribution is -2.23. The molecule has 1 aromatic heterocycles. The third-order valence-corrected chi connectivity index (χ3v) is 2.95. The van der Waals surface area contributed by atoms with Crippen molar-refractivity contribution in [3.05, 3.63) is 41.7 Å². The third kappa shape index (κ3) is 7.15. The molecule has 0 saturated carbocycles. The van der Waals surface area contributed by atoms with E-state index in [2.05, 4.69) is 20.1 Å². The lowest BCUT2D eigenvalue weighted by atomic mass is 10.2. The fraction of sp³-hybridized carbons (Fsp3) is 0.286. The van der Waals surface area contributed by atoms with E-state index < -0.39 is 24.0 Å². The summed E-state index contributed by atoms with van der Waals surface area (Å²) in [5.74, 6) is -0.643. The lowest BCUT2D eigenvalue weighted by Gasteiger charge is -2.10. The molecule has 1 heterocycles. The predicted molar refractivity (Wildman–Crippen MR) is 95.7 cm³/mol. The molecule has 0 radical (unpaired) electrons. The van der Waals surface area contributed by atoms with Crippen LogP contribution in [0.5, 0.6) is 5.75 Å². The van der Waals surface area contributed by atoms with Gasteiger partial charge in [-0.1, -0.05) is 0 Å². The minimum atomic E-state index is -4.81. The van der Waals surface area contributed by atoms with E-state index in [0.717, 1.165) is 16.8 Å². The highest BCUT2D eigenvalue weighted by molar-refractivity contribution is 14.0. The number of alkyl halides is 6. The minimum absolute atomic E-state index is 0. The van der Waals surface area contributed by atoms with Crippen molar-refractivity contribution in [3.63, 3.8) is 0 Å². The number of aromatic nitrogens is 2. The van der Waals surface area contributed by atoms with Gasteiger partial charge in [0.25, 0.3) is 0 Å². The van der Waals surface area contributed by atoms with E-state index in [0.29, 0.717) is 0 Å². The number of nitrogens with two attached hydrogens (primary N) is 1. The Morgan fingerprint density at radius 1 is 1.19 bits per heavy atom. The molecule has 0 aliphatic heterocycles. The Bertz CT molecular complexity index is 785. The fourth-order valence-electron chi connectivity index (χ4n) is 1.99. The smallest absolute Gasteiger partial charge is 0.406 e. The number of hydrogen-bond acceptors (Lipinski definition) is 3. The normalized spacial score (nSPS) is 12.5. The molecule has 3 N–H and O–H groups in total. The fourth-order valence-corrected chi connectivity index (χ4v) is 1.99. The summed E-state index contributed by atoms with van der Waals surface area (Å²) < 4.78 is 79.4. The number of rotatable bonds is 4. The maximum absolute atomic E-state index is 12.8. The molecule has 0 saturated heterocycles. The van der Waals surface area contributed by atoms with Crippen LogP contribution in [0.2, 0.25) is 0 Å². The highest BCUT2D eigenvalue weighted by Crippen LogP contribution is 2.30. The van der Waals surface area contributed by atoms with Gasteiger partial charge in [0.15, 0.2) is 11.7 Å². The van der Waals surface area contributed by atoms with E-state index in [1.54, 1.807) is 0 Å². The number of nitrogens with one attached hydrogen (secondary N) is 1. The van der Waals surface area contributed by atoms with Gasteiger partial charge in [0.2, 0.25) is 0 Å². The summed E-state index contributed by atoms with van der Waals surface area (Å²) in [7, 11) is 1.34. The summed E-state index contributed by atoms with van der Waals surface area (Å²) in [5, 5.41) is 5.89. The van der Waals surface area contributed by atoms with Crippen LogP contribution in [0.1, 0.15) is 11.3 Å². The number of benzene rings is 1. The van der Waals surface area contributed by atoms with Crippen LogP contribution in [0.4, 0.5) is 32.0 Å². The first-order chi connectivity index (χ1) is 11.9. The number of guanidine groups is 1. The first-order valence-corrected chi connectivity index (χ1v) is 6.96. The van der Waals surface area contributed by atoms with Crippen LogP contribution >= 0.6 is 24.0 Å². The van der Waals surface area contributed by atoms with Gasteiger partial charge in [-0.15, -0.1) is 37.1 Å². The summed E-state index contributed by atoms with van der Waals surface area (Å²) in [4.78, 5) is 3.78. The van der Waals surface area contributed by atoms with Crippen molar-refractivity contribution in [1.29, 1.82) is 0 Å². The van der Waals surface area contributed by atoms with E-state index in [1.165, 1.54) is 25.4 Å². The third-order valence-electron chi connectivity index (χ3n) is 2.95. The van der Waals surface area contributed by atoms with Gasteiger partial charge in [0.05, 0.1) is 6.54 Å². The van der Waals surface area contributed by atoms with Crippen LogP contribution in [0, 0.1) is 0 Å². The van der Waals surface area contributed by atoms with Gasteiger partial charge in [-0.2, -0.15) is 18.3 Å². The molecule has 0 spiro atoms. The van der Waals surface area contributed by atoms with E-state index in [9.17, 15) is 26.3 Å². The molecule has 0 atom stereocenters. The summed E-state index contributed by atoms with van der Waals surface area (Å²) in [6.45, 7) is -0.378. The number of ether oxygens (including phenoxy) is 1. The summed E-state index contributed by atoms with van der Waals surface area (Å²) in [5.41, 5.74) is 4.63. The van der Waals surface area contributed by atoms with E-state index in [1.807, 2.05) is 0 Å². The van der Waals surface area contributed by atoms with Crippen LogP contribution in [0.15, 0.2) is 35.5 Å². The number of aliphatic imine (C=N–C) groups is 1. The summed E-state index contributed by atoms with van der Waals surface area (Å²) >= 11 is 0. The quantitative estimate of drug-likeness (QED) is 0.284. The number of aryl methyl sites for hydroxylation is 1. The van der Waals surface area contributed by atoms with Crippen molar-refractivity contribution >= 4 is 35.6 Å². The van der Waals surface area contributed by atoms with Crippen molar-refractivity contribution < 1.29 is 31.1 Å². The van der Waals surface area contributed by atoms with Gasteiger partial charge in [0, 0.05) is 24.5 Å². The number of hydrogen-bond donors (Lipinski definition) is 2. The SMILES string of the molecule is Cn1cc(CN=C(N)Nc2ccc(OC(F)(F)F)cc2)c(C(F)(F)F)n1.I. The van der Waals surface area contributed by atoms with Crippen LogP contribution in [0.25, 0.3) is 0 Å². The molecule has 0 fully saturated rings. The van der Waals surface area contributed by atoms with Crippen LogP contribution < -0.4 is 15.8 Å². The van der Waals surface area contributed by atoms with E-state index in [4.69, 9.17) is 5.73 Å². The molecule has 0 aliphatic rings. The van der Waals surface area contributed by atoms with Crippen LogP contribution in [-0.4, -0.2) is 22.1 Å². The van der Waals surface area contributed by atoms with Crippen molar-refractivity contribution in [2.75, 3.05) is 5.32 Å². The summed E-state index contributed by atoms with van der Waals surface area (Å²) in [6, 6.07) is 4.58. The first-order valence-electron chi connectivity index (χ1n) is 6.96. The predicted octanol–water partition coefficient (Wildman–Crippen LogP) is 3.88. The zero-order chi connectivity index (χ0) is 19.5. The maximum atomic E-state index is 12.8. The molecule has 0 bridgehead atoms. The molecule has 2 aromatic rings. The standard InChI is InChI=1S/C14H13F6N5O.HI/c1-25-7-8(11(24-25)13(15,16)17)6-22-12(21)23-9-2-4-10(5-3-9)26-14(18,19)20;/h2-5,7H,6H2,1H3,(H3,21,22,23);1H. The largest absolute Gasteiger partial charge is 0.573 e. The Balaban J connectivity index is 0.00000364. The van der Waals surface area contributed by atoms with Gasteiger partial charge >= 0.3 is 12.5 Å². The van der Waals surface area contributed by atoms with Crippen molar-refractivity contribution in [3.8, 4) is 5.75 Å². The average Bonchev–Trinajstić information content (AvgIpc) is 2.87. The number of anilines is 1. The van der Waals surface area contributed by atoms with Gasteiger partial charge in [-0.05, 0) is 24.3 Å². The topological polar surface area (TPSA) is 77.5 Å². The Morgan fingerprint density at radius 2 is 1.78 bits per heavy atom. The molecule has 0 amide bonds. The Labute approximate surface area is 166 Å². The monoisotopic (exact) mass is 509 g/mol. The van der Waals surface area contributed by atoms with Gasteiger partial charge in [0.1, 0.15) is 5.75 Å². The maximum Gasteiger partial charge on any atom is 0.573 e. The molecule has 27 heavy (non-hydrogen) atoms. The lowest BCUT2D eigenvalue weighted by molar-refractivity contribution is -0.274. The van der Waals surface area contributed by atoms with Gasteiger partial charge in [-0.3, -0.25) is 4.68 Å². The number of nitrogens with zero attached hydrogens (tertiary/aromatic N) is 3. The Kier molecular flexibility index (Phi) is 7.33. The molecule has 0 aliphatic carbocycles. The summed E-state index contributed by atoms with van der Waals surface area (Å²) in [6.07, 6.45) is -8.26. The molecule has 13 heteroatoms. The van der Waals surface area contributed by atoms with Crippen molar-refractivity contribution in [2.24, 2.45) is 17.8 Å². The average molecular weight is 509 g/mol. The molecular weight excluding hydrogens is 495 g/mol. The van der Waals surface area contributed by atoms with Crippen LogP contribution in [0.3, 0.4) is 0 Å². The van der Waals surface area contributed by atoms with Crippen molar-refractivity contribution in [1.82, 2.24) is 9.78 Å². The Hall–Kier alpha value is -2.19. The molecule has 0 unspecified atom stereocenters. The molecular formula is C14H14F6IN5O. The highest BCUT2D eigenvalue weighted by atomic mass is 127. The number of halogens is 7. The minimum Gasteiger partial charge on any atom is -0.406 e.